The third kappa shape index (κ3) is 2.36. The highest BCUT2D eigenvalue weighted by atomic mass is 127. The quantitative estimate of drug-likeness (QED) is 0.432. The highest BCUT2D eigenvalue weighted by Gasteiger charge is 2.18. The average molecular weight is 254 g/mol. The number of halogens is 1. The first-order valence-electron chi connectivity index (χ1n) is 3.84. The predicted molar refractivity (Wildman–Crippen MR) is 52.3 cm³/mol. The first kappa shape index (κ1) is 8.74. The zero-order valence-electron chi connectivity index (χ0n) is 6.39. The molecule has 0 aliphatic carbocycles. The maximum absolute atomic E-state index is 5.82. The Kier molecular flexibility index (Phi) is 3.39. The lowest BCUT2D eigenvalue weighted by molar-refractivity contribution is 0.210. The summed E-state index contributed by atoms with van der Waals surface area (Å²) in [6, 6.07) is 0.422. The summed E-state index contributed by atoms with van der Waals surface area (Å²) < 4.78 is 0.643. The molecule has 1 rings (SSSR count). The molecule has 1 fully saturated rings. The van der Waals surface area contributed by atoms with E-state index >= 15 is 0 Å². The Morgan fingerprint density at radius 3 is 2.80 bits per heavy atom. The Bertz CT molecular complexity index is 106. The monoisotopic (exact) mass is 254 g/mol. The van der Waals surface area contributed by atoms with Gasteiger partial charge in [0.15, 0.2) is 0 Å². The van der Waals surface area contributed by atoms with Crippen molar-refractivity contribution in [1.82, 2.24) is 4.90 Å². The summed E-state index contributed by atoms with van der Waals surface area (Å²) in [4.78, 5) is 2.44. The fourth-order valence-corrected chi connectivity index (χ4v) is 1.87. The minimum Gasteiger partial charge on any atom is -0.327 e. The fourth-order valence-electron chi connectivity index (χ4n) is 1.36. The standard InChI is InChI=1S/C7H15IN2/c1-6(8)10-4-2-3-7(9)5-10/h6-7H,2-5,9H2,1H3. The molecule has 0 aromatic heterocycles. The molecule has 0 bridgehead atoms. The van der Waals surface area contributed by atoms with Gasteiger partial charge in [0.1, 0.15) is 0 Å². The van der Waals surface area contributed by atoms with Crippen molar-refractivity contribution in [2.24, 2.45) is 5.73 Å². The van der Waals surface area contributed by atoms with Gasteiger partial charge in [0, 0.05) is 12.6 Å². The lowest BCUT2D eigenvalue weighted by Gasteiger charge is -2.32. The highest BCUT2D eigenvalue weighted by molar-refractivity contribution is 14.1. The summed E-state index contributed by atoms with van der Waals surface area (Å²) >= 11 is 2.44. The Labute approximate surface area is 76.3 Å². The van der Waals surface area contributed by atoms with Crippen LogP contribution >= 0.6 is 22.6 Å². The van der Waals surface area contributed by atoms with E-state index in [9.17, 15) is 0 Å². The Morgan fingerprint density at radius 1 is 1.70 bits per heavy atom. The molecule has 2 N–H and O–H groups in total. The van der Waals surface area contributed by atoms with Gasteiger partial charge in [-0.25, -0.2) is 0 Å². The van der Waals surface area contributed by atoms with Gasteiger partial charge in [0.2, 0.25) is 0 Å². The molecule has 0 amide bonds. The van der Waals surface area contributed by atoms with Crippen LogP contribution in [0.25, 0.3) is 0 Å². The molecular weight excluding hydrogens is 239 g/mol. The normalized spacial score (nSPS) is 32.1. The van der Waals surface area contributed by atoms with E-state index in [4.69, 9.17) is 5.73 Å². The summed E-state index contributed by atoms with van der Waals surface area (Å²) in [5, 5.41) is 0. The van der Waals surface area contributed by atoms with E-state index in [-0.39, 0.29) is 0 Å². The van der Waals surface area contributed by atoms with Crippen LogP contribution in [-0.4, -0.2) is 28.1 Å². The first-order chi connectivity index (χ1) is 4.70. The van der Waals surface area contributed by atoms with E-state index in [1.807, 2.05) is 0 Å². The Morgan fingerprint density at radius 2 is 2.40 bits per heavy atom. The highest BCUT2D eigenvalue weighted by Crippen LogP contribution is 2.14. The van der Waals surface area contributed by atoms with Crippen molar-refractivity contribution in [3.63, 3.8) is 0 Å². The van der Waals surface area contributed by atoms with Gasteiger partial charge in [0.05, 0.1) is 4.05 Å². The number of rotatable bonds is 1. The van der Waals surface area contributed by atoms with Gasteiger partial charge in [-0.3, -0.25) is 4.90 Å². The zero-order chi connectivity index (χ0) is 7.56. The van der Waals surface area contributed by atoms with Gasteiger partial charge in [-0.15, -0.1) is 0 Å². The lowest BCUT2D eigenvalue weighted by atomic mass is 10.1. The molecule has 2 unspecified atom stereocenters. The number of nitrogens with zero attached hydrogens (tertiary/aromatic N) is 1. The summed E-state index contributed by atoms with van der Waals surface area (Å²) in [6.07, 6.45) is 2.48. The second-order valence-corrected chi connectivity index (χ2v) is 4.77. The molecule has 60 valence electrons. The molecule has 3 heteroatoms. The van der Waals surface area contributed by atoms with Gasteiger partial charge < -0.3 is 5.73 Å². The SMILES string of the molecule is CC(I)N1CCCC(N)C1. The molecule has 10 heavy (non-hydrogen) atoms. The summed E-state index contributed by atoms with van der Waals surface area (Å²) in [7, 11) is 0. The first-order valence-corrected chi connectivity index (χ1v) is 5.08. The molecule has 1 heterocycles. The van der Waals surface area contributed by atoms with Crippen molar-refractivity contribution in [1.29, 1.82) is 0 Å². The van der Waals surface area contributed by atoms with Crippen LogP contribution in [0.1, 0.15) is 19.8 Å². The van der Waals surface area contributed by atoms with Crippen LogP contribution in [-0.2, 0) is 0 Å². The number of hydrogen-bond donors (Lipinski definition) is 1. The Hall–Kier alpha value is 0.650. The number of hydrogen-bond acceptors (Lipinski definition) is 2. The zero-order valence-corrected chi connectivity index (χ0v) is 8.54. The number of nitrogens with two attached hydrogens (primary N) is 1. The topological polar surface area (TPSA) is 29.3 Å². The van der Waals surface area contributed by atoms with Crippen molar-refractivity contribution >= 4 is 22.6 Å². The van der Waals surface area contributed by atoms with Crippen molar-refractivity contribution in [2.75, 3.05) is 13.1 Å². The number of alkyl halides is 1. The average Bonchev–Trinajstić information content (AvgIpc) is 1.88. The minimum atomic E-state index is 0.422. The molecule has 0 radical (unpaired) electrons. The van der Waals surface area contributed by atoms with Gasteiger partial charge in [-0.1, -0.05) is 22.6 Å². The van der Waals surface area contributed by atoms with Gasteiger partial charge >= 0.3 is 0 Å². The lowest BCUT2D eigenvalue weighted by Crippen LogP contribution is -2.44. The molecule has 1 saturated heterocycles. The molecule has 2 nitrogen and oxygen atoms in total. The van der Waals surface area contributed by atoms with E-state index in [2.05, 4.69) is 34.4 Å². The summed E-state index contributed by atoms with van der Waals surface area (Å²) in [6.45, 7) is 4.54. The van der Waals surface area contributed by atoms with Crippen LogP contribution < -0.4 is 5.73 Å². The third-order valence-corrected chi connectivity index (χ3v) is 2.78. The summed E-state index contributed by atoms with van der Waals surface area (Å²) in [5.41, 5.74) is 5.82. The van der Waals surface area contributed by atoms with Gasteiger partial charge in [0.25, 0.3) is 0 Å². The van der Waals surface area contributed by atoms with Crippen LogP contribution in [0.4, 0.5) is 0 Å². The number of piperidine rings is 1. The molecule has 0 spiro atoms. The Balaban J connectivity index is 2.32. The van der Waals surface area contributed by atoms with Crippen LogP contribution in [0.15, 0.2) is 0 Å². The fraction of sp³-hybridized carbons (Fsp3) is 1.00. The van der Waals surface area contributed by atoms with Crippen molar-refractivity contribution in [3.8, 4) is 0 Å². The van der Waals surface area contributed by atoms with Crippen LogP contribution in [0.3, 0.4) is 0 Å². The molecule has 0 saturated carbocycles. The van der Waals surface area contributed by atoms with E-state index < -0.39 is 0 Å². The molecule has 1 aliphatic rings. The van der Waals surface area contributed by atoms with Gasteiger partial charge in [-0.05, 0) is 26.3 Å². The van der Waals surface area contributed by atoms with Crippen molar-refractivity contribution in [2.45, 2.75) is 29.9 Å². The van der Waals surface area contributed by atoms with Crippen LogP contribution in [0.5, 0.6) is 0 Å². The van der Waals surface area contributed by atoms with Gasteiger partial charge in [-0.2, -0.15) is 0 Å². The largest absolute Gasteiger partial charge is 0.327 e. The van der Waals surface area contributed by atoms with Crippen molar-refractivity contribution in [3.05, 3.63) is 0 Å². The molecule has 2 atom stereocenters. The van der Waals surface area contributed by atoms with Crippen molar-refractivity contribution < 1.29 is 0 Å². The second-order valence-electron chi connectivity index (χ2n) is 2.97. The van der Waals surface area contributed by atoms with E-state index in [1.165, 1.54) is 19.4 Å². The van der Waals surface area contributed by atoms with E-state index in [0.717, 1.165) is 6.54 Å². The van der Waals surface area contributed by atoms with Crippen LogP contribution in [0, 0.1) is 0 Å². The second kappa shape index (κ2) is 3.88. The van der Waals surface area contributed by atoms with Crippen LogP contribution in [0.2, 0.25) is 0 Å². The van der Waals surface area contributed by atoms with E-state index in [1.54, 1.807) is 0 Å². The number of likely N-dealkylation sites (tertiary alicyclic amines) is 1. The summed E-state index contributed by atoms with van der Waals surface area (Å²) in [5.74, 6) is 0. The predicted octanol–water partition coefficient (Wildman–Crippen LogP) is 1.19. The maximum atomic E-state index is 5.82. The molecule has 1 aliphatic heterocycles. The third-order valence-electron chi connectivity index (χ3n) is 1.99. The maximum Gasteiger partial charge on any atom is 0.0590 e. The molecule has 0 aromatic rings. The minimum absolute atomic E-state index is 0.422. The molecular formula is C7H15IN2. The molecule has 0 aromatic carbocycles. The van der Waals surface area contributed by atoms with E-state index in [0.29, 0.717) is 10.1 Å². The smallest absolute Gasteiger partial charge is 0.0590 e.